The fraction of sp³-hybridized carbons (Fsp3) is 0.538. The van der Waals surface area contributed by atoms with E-state index in [2.05, 4.69) is 12.2 Å². The summed E-state index contributed by atoms with van der Waals surface area (Å²) in [5.74, 6) is 0.975. The molecule has 0 bridgehead atoms. The van der Waals surface area contributed by atoms with Crippen molar-refractivity contribution in [1.29, 1.82) is 0 Å². The molecular formula is C13H19NO2. The number of aromatic hydroxyl groups is 2. The van der Waals surface area contributed by atoms with Gasteiger partial charge in [0, 0.05) is 0 Å². The fourth-order valence-corrected chi connectivity index (χ4v) is 2.40. The first-order valence-electron chi connectivity index (χ1n) is 5.91. The first-order chi connectivity index (χ1) is 7.68. The van der Waals surface area contributed by atoms with Crippen LogP contribution in [0.1, 0.15) is 31.2 Å². The summed E-state index contributed by atoms with van der Waals surface area (Å²) >= 11 is 0. The summed E-state index contributed by atoms with van der Waals surface area (Å²) in [7, 11) is 0. The van der Waals surface area contributed by atoms with Crippen molar-refractivity contribution in [3.63, 3.8) is 0 Å². The van der Waals surface area contributed by atoms with Gasteiger partial charge in [0.25, 0.3) is 0 Å². The van der Waals surface area contributed by atoms with Crippen LogP contribution in [-0.2, 0) is 0 Å². The van der Waals surface area contributed by atoms with Crippen molar-refractivity contribution in [1.82, 2.24) is 5.32 Å². The van der Waals surface area contributed by atoms with Crippen LogP contribution in [0.4, 0.5) is 0 Å². The summed E-state index contributed by atoms with van der Waals surface area (Å²) < 4.78 is 0. The lowest BCUT2D eigenvalue weighted by molar-refractivity contribution is 0.333. The molecule has 2 unspecified atom stereocenters. The van der Waals surface area contributed by atoms with E-state index < -0.39 is 0 Å². The number of benzene rings is 1. The van der Waals surface area contributed by atoms with Crippen LogP contribution >= 0.6 is 0 Å². The molecule has 0 spiro atoms. The van der Waals surface area contributed by atoms with Crippen molar-refractivity contribution in [3.8, 4) is 11.5 Å². The van der Waals surface area contributed by atoms with Gasteiger partial charge in [0.2, 0.25) is 0 Å². The smallest absolute Gasteiger partial charge is 0.157 e. The van der Waals surface area contributed by atoms with Crippen LogP contribution in [-0.4, -0.2) is 23.3 Å². The largest absolute Gasteiger partial charge is 0.504 e. The average Bonchev–Trinajstić information content (AvgIpc) is 2.33. The summed E-state index contributed by atoms with van der Waals surface area (Å²) in [5, 5.41) is 22.2. The van der Waals surface area contributed by atoms with E-state index in [1.807, 2.05) is 6.07 Å². The van der Waals surface area contributed by atoms with Crippen LogP contribution in [0.3, 0.4) is 0 Å². The Morgan fingerprint density at radius 2 is 2.12 bits per heavy atom. The normalized spacial score (nSPS) is 22.9. The molecule has 2 atom stereocenters. The quantitative estimate of drug-likeness (QED) is 0.671. The maximum Gasteiger partial charge on any atom is 0.157 e. The Balaban J connectivity index is 2.12. The molecule has 1 aromatic carbocycles. The van der Waals surface area contributed by atoms with Gasteiger partial charge in [0.05, 0.1) is 0 Å². The van der Waals surface area contributed by atoms with Crippen LogP contribution < -0.4 is 5.32 Å². The molecule has 1 aliphatic rings. The lowest BCUT2D eigenvalue weighted by Crippen LogP contribution is -2.32. The number of phenolic OH excluding ortho intramolecular Hbond substituents is 2. The number of piperidine rings is 1. The lowest BCUT2D eigenvalue weighted by Gasteiger charge is -2.28. The summed E-state index contributed by atoms with van der Waals surface area (Å²) in [6.07, 6.45) is 2.45. The zero-order chi connectivity index (χ0) is 11.5. The lowest BCUT2D eigenvalue weighted by atomic mass is 9.83. The van der Waals surface area contributed by atoms with Crippen molar-refractivity contribution in [2.24, 2.45) is 5.92 Å². The van der Waals surface area contributed by atoms with Crippen LogP contribution in [0, 0.1) is 5.92 Å². The van der Waals surface area contributed by atoms with Gasteiger partial charge in [-0.25, -0.2) is 0 Å². The molecular weight excluding hydrogens is 202 g/mol. The van der Waals surface area contributed by atoms with E-state index in [1.165, 1.54) is 12.8 Å². The van der Waals surface area contributed by atoms with Crippen LogP contribution in [0.25, 0.3) is 0 Å². The predicted molar refractivity (Wildman–Crippen MR) is 63.8 cm³/mol. The Hall–Kier alpha value is -1.22. The minimum atomic E-state index is -0.0438. The third-order valence-electron chi connectivity index (χ3n) is 3.57. The SMILES string of the molecule is CC(c1ccc(O)c(O)c1)C1CCCNC1. The molecule has 1 aliphatic heterocycles. The molecule has 1 fully saturated rings. The Kier molecular flexibility index (Phi) is 3.34. The maximum atomic E-state index is 9.48. The molecule has 88 valence electrons. The molecule has 0 amide bonds. The minimum Gasteiger partial charge on any atom is -0.504 e. The Morgan fingerprint density at radius 3 is 2.75 bits per heavy atom. The molecule has 3 heteroatoms. The van der Waals surface area contributed by atoms with Gasteiger partial charge in [0.1, 0.15) is 0 Å². The van der Waals surface area contributed by atoms with Crippen molar-refractivity contribution in [2.45, 2.75) is 25.7 Å². The molecule has 0 aromatic heterocycles. The highest BCUT2D eigenvalue weighted by atomic mass is 16.3. The van der Waals surface area contributed by atoms with Gasteiger partial charge >= 0.3 is 0 Å². The van der Waals surface area contributed by atoms with Gasteiger partial charge in [-0.3, -0.25) is 0 Å². The molecule has 2 rings (SSSR count). The third-order valence-corrected chi connectivity index (χ3v) is 3.57. The second kappa shape index (κ2) is 4.74. The van der Waals surface area contributed by atoms with Gasteiger partial charge < -0.3 is 15.5 Å². The van der Waals surface area contributed by atoms with Crippen LogP contribution in [0.2, 0.25) is 0 Å². The number of phenols is 2. The summed E-state index contributed by atoms with van der Waals surface area (Å²) in [6, 6.07) is 5.14. The van der Waals surface area contributed by atoms with E-state index in [1.54, 1.807) is 12.1 Å². The van der Waals surface area contributed by atoms with Gasteiger partial charge in [-0.15, -0.1) is 0 Å². The highest BCUT2D eigenvalue weighted by molar-refractivity contribution is 5.41. The highest BCUT2D eigenvalue weighted by Gasteiger charge is 2.21. The van der Waals surface area contributed by atoms with E-state index >= 15 is 0 Å². The van der Waals surface area contributed by atoms with E-state index in [4.69, 9.17) is 0 Å². The average molecular weight is 221 g/mol. The molecule has 1 saturated heterocycles. The van der Waals surface area contributed by atoms with E-state index in [0.717, 1.165) is 18.7 Å². The molecule has 1 aromatic rings. The van der Waals surface area contributed by atoms with Gasteiger partial charge in [-0.2, -0.15) is 0 Å². The zero-order valence-electron chi connectivity index (χ0n) is 9.61. The number of rotatable bonds is 2. The number of hydrogen-bond donors (Lipinski definition) is 3. The third kappa shape index (κ3) is 2.30. The molecule has 16 heavy (non-hydrogen) atoms. The van der Waals surface area contributed by atoms with Crippen LogP contribution in [0.15, 0.2) is 18.2 Å². The second-order valence-corrected chi connectivity index (χ2v) is 4.64. The highest BCUT2D eigenvalue weighted by Crippen LogP contribution is 2.33. The van der Waals surface area contributed by atoms with E-state index in [-0.39, 0.29) is 11.5 Å². The molecule has 3 N–H and O–H groups in total. The van der Waals surface area contributed by atoms with Crippen molar-refractivity contribution >= 4 is 0 Å². The predicted octanol–water partition coefficient (Wildman–Crippen LogP) is 2.20. The van der Waals surface area contributed by atoms with Gasteiger partial charge in [-0.05, 0) is 55.5 Å². The summed E-state index contributed by atoms with van der Waals surface area (Å²) in [5.41, 5.74) is 1.10. The fourth-order valence-electron chi connectivity index (χ4n) is 2.40. The van der Waals surface area contributed by atoms with E-state index in [0.29, 0.717) is 11.8 Å². The molecule has 0 saturated carbocycles. The topological polar surface area (TPSA) is 52.5 Å². The molecule has 3 nitrogen and oxygen atoms in total. The maximum absolute atomic E-state index is 9.48. The Bertz CT molecular complexity index is 359. The first kappa shape index (κ1) is 11.3. The Labute approximate surface area is 96.1 Å². The zero-order valence-corrected chi connectivity index (χ0v) is 9.61. The molecule has 0 radical (unpaired) electrons. The van der Waals surface area contributed by atoms with Gasteiger partial charge in [-0.1, -0.05) is 13.0 Å². The van der Waals surface area contributed by atoms with Crippen molar-refractivity contribution in [3.05, 3.63) is 23.8 Å². The Morgan fingerprint density at radius 1 is 1.31 bits per heavy atom. The monoisotopic (exact) mass is 221 g/mol. The number of hydrogen-bond acceptors (Lipinski definition) is 3. The van der Waals surface area contributed by atoms with Crippen molar-refractivity contribution in [2.75, 3.05) is 13.1 Å². The first-order valence-corrected chi connectivity index (χ1v) is 5.91. The molecule has 1 heterocycles. The van der Waals surface area contributed by atoms with E-state index in [9.17, 15) is 10.2 Å². The van der Waals surface area contributed by atoms with Crippen molar-refractivity contribution < 1.29 is 10.2 Å². The second-order valence-electron chi connectivity index (χ2n) is 4.64. The minimum absolute atomic E-state index is 0.0203. The number of nitrogens with one attached hydrogen (secondary N) is 1. The van der Waals surface area contributed by atoms with Gasteiger partial charge in [0.15, 0.2) is 11.5 Å². The van der Waals surface area contributed by atoms with Crippen LogP contribution in [0.5, 0.6) is 11.5 Å². The molecule has 0 aliphatic carbocycles. The summed E-state index contributed by atoms with van der Waals surface area (Å²) in [4.78, 5) is 0. The summed E-state index contributed by atoms with van der Waals surface area (Å²) in [6.45, 7) is 4.34. The standard InChI is InChI=1S/C13H19NO2/c1-9(11-3-2-6-14-8-11)10-4-5-12(15)13(16)7-10/h4-5,7,9,11,14-16H,2-3,6,8H2,1H3.